The number of aromatic hydroxyl groups is 1. The molecule has 0 aliphatic carbocycles. The number of rotatable bonds is 3. The van der Waals surface area contributed by atoms with Gasteiger partial charge < -0.3 is 15.7 Å². The summed E-state index contributed by atoms with van der Waals surface area (Å²) >= 11 is 0. The van der Waals surface area contributed by atoms with Gasteiger partial charge in [-0.05, 0) is 43.5 Å². The molecule has 3 N–H and O–H groups in total. The van der Waals surface area contributed by atoms with E-state index in [-0.39, 0.29) is 11.3 Å². The van der Waals surface area contributed by atoms with Crippen LogP contribution in [0.1, 0.15) is 23.7 Å². The maximum atomic E-state index is 13.5. The summed E-state index contributed by atoms with van der Waals surface area (Å²) < 4.78 is 13.5. The summed E-state index contributed by atoms with van der Waals surface area (Å²) in [6.07, 6.45) is 0.991. The number of phenolic OH excluding ortho intramolecular Hbond substituents is 1. The molecule has 1 aliphatic heterocycles. The standard InChI is InChI=1S/C14H19FN2O2/c1-9-7-16-6-5-10(9)8-17-14(19)13-11(15)3-2-4-12(13)18/h2-4,9-10,16,18H,5-8H2,1H3,(H,17,19). The number of carbonyl (C=O) groups is 1. The van der Waals surface area contributed by atoms with E-state index in [1.807, 2.05) is 0 Å². The first-order valence-corrected chi connectivity index (χ1v) is 6.56. The Labute approximate surface area is 112 Å². The highest BCUT2D eigenvalue weighted by Gasteiger charge is 2.23. The number of hydrogen-bond acceptors (Lipinski definition) is 3. The third-order valence-corrected chi connectivity index (χ3v) is 3.71. The van der Waals surface area contributed by atoms with E-state index in [1.54, 1.807) is 0 Å². The minimum absolute atomic E-state index is 0.274. The number of hydrogen-bond donors (Lipinski definition) is 3. The fourth-order valence-corrected chi connectivity index (χ4v) is 2.42. The van der Waals surface area contributed by atoms with E-state index in [2.05, 4.69) is 17.6 Å². The second-order valence-electron chi connectivity index (χ2n) is 5.07. The molecule has 1 aromatic carbocycles. The highest BCUT2D eigenvalue weighted by Crippen LogP contribution is 2.21. The lowest BCUT2D eigenvalue weighted by Gasteiger charge is -2.29. The molecule has 1 heterocycles. The lowest BCUT2D eigenvalue weighted by molar-refractivity contribution is 0.0931. The second kappa shape index (κ2) is 6.02. The average molecular weight is 266 g/mol. The van der Waals surface area contributed by atoms with Crippen molar-refractivity contribution in [2.24, 2.45) is 11.8 Å². The molecule has 1 aromatic rings. The summed E-state index contributed by atoms with van der Waals surface area (Å²) in [6, 6.07) is 3.85. The second-order valence-corrected chi connectivity index (χ2v) is 5.07. The Balaban J connectivity index is 1.97. The van der Waals surface area contributed by atoms with Gasteiger partial charge in [-0.1, -0.05) is 13.0 Å². The first kappa shape index (κ1) is 13.8. The fraction of sp³-hybridized carbons (Fsp3) is 0.500. The lowest BCUT2D eigenvalue weighted by atomic mass is 9.88. The van der Waals surface area contributed by atoms with Gasteiger partial charge in [-0.15, -0.1) is 0 Å². The average Bonchev–Trinajstić information content (AvgIpc) is 2.37. The van der Waals surface area contributed by atoms with Gasteiger partial charge in [-0.2, -0.15) is 0 Å². The molecule has 1 saturated heterocycles. The van der Waals surface area contributed by atoms with Crippen LogP contribution in [0.15, 0.2) is 18.2 Å². The summed E-state index contributed by atoms with van der Waals surface area (Å²) in [5, 5.41) is 15.5. The molecule has 2 atom stereocenters. The number of halogens is 1. The van der Waals surface area contributed by atoms with Gasteiger partial charge in [0.2, 0.25) is 0 Å². The SMILES string of the molecule is CC1CNCCC1CNC(=O)c1c(O)cccc1F. The first-order chi connectivity index (χ1) is 9.09. The molecular weight excluding hydrogens is 247 g/mol. The van der Waals surface area contributed by atoms with Crippen LogP contribution in [-0.4, -0.2) is 30.6 Å². The summed E-state index contributed by atoms with van der Waals surface area (Å²) in [5.74, 6) is -0.713. The van der Waals surface area contributed by atoms with Crippen LogP contribution >= 0.6 is 0 Å². The Morgan fingerprint density at radius 1 is 1.58 bits per heavy atom. The van der Waals surface area contributed by atoms with Gasteiger partial charge in [0, 0.05) is 6.54 Å². The van der Waals surface area contributed by atoms with E-state index < -0.39 is 11.7 Å². The highest BCUT2D eigenvalue weighted by atomic mass is 19.1. The number of phenols is 1. The molecule has 0 aromatic heterocycles. The Morgan fingerprint density at radius 3 is 3.05 bits per heavy atom. The van der Waals surface area contributed by atoms with Crippen LogP contribution in [-0.2, 0) is 0 Å². The molecule has 0 bridgehead atoms. The van der Waals surface area contributed by atoms with E-state index >= 15 is 0 Å². The van der Waals surface area contributed by atoms with Crippen LogP contribution in [0.25, 0.3) is 0 Å². The molecule has 2 unspecified atom stereocenters. The molecule has 1 amide bonds. The first-order valence-electron chi connectivity index (χ1n) is 6.56. The molecular formula is C14H19FN2O2. The van der Waals surface area contributed by atoms with Gasteiger partial charge in [0.1, 0.15) is 17.1 Å². The Hall–Kier alpha value is -1.62. The smallest absolute Gasteiger partial charge is 0.258 e. The summed E-state index contributed by atoms with van der Waals surface area (Å²) in [4.78, 5) is 11.9. The summed E-state index contributed by atoms with van der Waals surface area (Å²) in [6.45, 7) is 4.51. The molecule has 2 rings (SSSR count). The van der Waals surface area contributed by atoms with Crippen molar-refractivity contribution in [3.8, 4) is 5.75 Å². The van der Waals surface area contributed by atoms with Gasteiger partial charge >= 0.3 is 0 Å². The molecule has 0 spiro atoms. The molecule has 4 nitrogen and oxygen atoms in total. The minimum atomic E-state index is -0.698. The lowest BCUT2D eigenvalue weighted by Crippen LogP contribution is -2.41. The van der Waals surface area contributed by atoms with Crippen LogP contribution in [0, 0.1) is 17.7 Å². The van der Waals surface area contributed by atoms with E-state index in [9.17, 15) is 14.3 Å². The molecule has 1 aliphatic rings. The predicted molar refractivity (Wildman–Crippen MR) is 70.5 cm³/mol. The molecule has 0 saturated carbocycles. The van der Waals surface area contributed by atoms with Gasteiger partial charge in [-0.3, -0.25) is 4.79 Å². The molecule has 0 radical (unpaired) electrons. The quantitative estimate of drug-likeness (QED) is 0.777. The van der Waals surface area contributed by atoms with E-state index in [0.29, 0.717) is 18.4 Å². The number of benzene rings is 1. The van der Waals surface area contributed by atoms with E-state index in [0.717, 1.165) is 19.5 Å². The third-order valence-electron chi connectivity index (χ3n) is 3.71. The van der Waals surface area contributed by atoms with Crippen LogP contribution < -0.4 is 10.6 Å². The molecule has 19 heavy (non-hydrogen) atoms. The van der Waals surface area contributed by atoms with Gasteiger partial charge in [0.15, 0.2) is 0 Å². The maximum Gasteiger partial charge on any atom is 0.258 e. The Kier molecular flexibility index (Phi) is 4.37. The predicted octanol–water partition coefficient (Wildman–Crippen LogP) is 1.51. The van der Waals surface area contributed by atoms with Crippen molar-refractivity contribution in [3.05, 3.63) is 29.6 Å². The maximum absolute atomic E-state index is 13.5. The van der Waals surface area contributed by atoms with Crippen molar-refractivity contribution in [1.29, 1.82) is 0 Å². The number of carbonyl (C=O) groups excluding carboxylic acids is 1. The zero-order chi connectivity index (χ0) is 13.8. The van der Waals surface area contributed by atoms with Crippen molar-refractivity contribution in [1.82, 2.24) is 10.6 Å². The molecule has 104 valence electrons. The highest BCUT2D eigenvalue weighted by molar-refractivity contribution is 5.97. The monoisotopic (exact) mass is 266 g/mol. The van der Waals surface area contributed by atoms with Crippen LogP contribution in [0.3, 0.4) is 0 Å². The fourth-order valence-electron chi connectivity index (χ4n) is 2.42. The van der Waals surface area contributed by atoms with Crippen molar-refractivity contribution in [3.63, 3.8) is 0 Å². The number of nitrogens with one attached hydrogen (secondary N) is 2. The van der Waals surface area contributed by atoms with Crippen molar-refractivity contribution < 1.29 is 14.3 Å². The topological polar surface area (TPSA) is 61.4 Å². The zero-order valence-corrected chi connectivity index (χ0v) is 10.9. The normalized spacial score (nSPS) is 23.1. The minimum Gasteiger partial charge on any atom is -0.507 e. The third kappa shape index (κ3) is 3.23. The van der Waals surface area contributed by atoms with Gasteiger partial charge in [-0.25, -0.2) is 4.39 Å². The summed E-state index contributed by atoms with van der Waals surface area (Å²) in [7, 11) is 0. The van der Waals surface area contributed by atoms with Crippen LogP contribution in [0.4, 0.5) is 4.39 Å². The molecule has 1 fully saturated rings. The van der Waals surface area contributed by atoms with Crippen molar-refractivity contribution >= 4 is 5.91 Å². The number of piperidine rings is 1. The van der Waals surface area contributed by atoms with Gasteiger partial charge in [0.25, 0.3) is 5.91 Å². The van der Waals surface area contributed by atoms with Gasteiger partial charge in [0.05, 0.1) is 0 Å². The molecule has 5 heteroatoms. The van der Waals surface area contributed by atoms with E-state index in [4.69, 9.17) is 0 Å². The van der Waals surface area contributed by atoms with Crippen LogP contribution in [0.2, 0.25) is 0 Å². The Bertz CT molecular complexity index is 445. The largest absolute Gasteiger partial charge is 0.507 e. The van der Waals surface area contributed by atoms with Crippen molar-refractivity contribution in [2.45, 2.75) is 13.3 Å². The Morgan fingerprint density at radius 2 is 2.37 bits per heavy atom. The van der Waals surface area contributed by atoms with Crippen molar-refractivity contribution in [2.75, 3.05) is 19.6 Å². The number of amides is 1. The summed E-state index contributed by atoms with van der Waals surface area (Å²) in [5.41, 5.74) is -0.274. The van der Waals surface area contributed by atoms with Crippen LogP contribution in [0.5, 0.6) is 5.75 Å². The van der Waals surface area contributed by atoms with E-state index in [1.165, 1.54) is 18.2 Å². The zero-order valence-electron chi connectivity index (χ0n) is 10.9.